The van der Waals surface area contributed by atoms with Crippen molar-refractivity contribution in [2.24, 2.45) is 5.73 Å². The first-order valence-corrected chi connectivity index (χ1v) is 7.17. The van der Waals surface area contributed by atoms with Gasteiger partial charge in [0, 0.05) is 41.2 Å². The first-order valence-electron chi connectivity index (χ1n) is 6.38. The first kappa shape index (κ1) is 13.3. The molecule has 20 heavy (non-hydrogen) atoms. The van der Waals surface area contributed by atoms with Crippen molar-refractivity contribution in [2.75, 3.05) is 4.90 Å². The monoisotopic (exact) mass is 331 g/mol. The molecule has 1 aliphatic rings. The minimum absolute atomic E-state index is 0.271. The molecule has 0 amide bonds. The summed E-state index contributed by atoms with van der Waals surface area (Å²) in [7, 11) is 0. The Morgan fingerprint density at radius 2 is 2.30 bits per heavy atom. The summed E-state index contributed by atoms with van der Waals surface area (Å²) >= 11 is 3.52. The van der Waals surface area contributed by atoms with Crippen LogP contribution in [0.1, 0.15) is 22.7 Å². The average Bonchev–Trinajstić information content (AvgIpc) is 2.85. The fourth-order valence-electron chi connectivity index (χ4n) is 2.71. The molecule has 0 fully saturated rings. The van der Waals surface area contributed by atoms with Gasteiger partial charge in [-0.05, 0) is 29.3 Å². The molecule has 2 heterocycles. The highest BCUT2D eigenvalue weighted by atomic mass is 79.9. The summed E-state index contributed by atoms with van der Waals surface area (Å²) in [6.07, 6.45) is 4.53. The Hall–Kier alpha value is -1.72. The van der Waals surface area contributed by atoms with Crippen molar-refractivity contribution in [3.05, 3.63) is 57.8 Å². The number of fused-ring (bicyclic) bond motifs is 1. The Labute approximate surface area is 125 Å². The van der Waals surface area contributed by atoms with Crippen molar-refractivity contribution < 1.29 is 4.79 Å². The van der Waals surface area contributed by atoms with Gasteiger partial charge in [0.25, 0.3) is 0 Å². The molecule has 0 saturated heterocycles. The molecule has 1 aromatic heterocycles. The molecule has 0 aliphatic carbocycles. The summed E-state index contributed by atoms with van der Waals surface area (Å²) in [6.45, 7) is 1.10. The van der Waals surface area contributed by atoms with Gasteiger partial charge in [0.05, 0.1) is 0 Å². The number of pyridine rings is 1. The van der Waals surface area contributed by atoms with E-state index in [0.29, 0.717) is 13.1 Å². The van der Waals surface area contributed by atoms with Gasteiger partial charge in [0.1, 0.15) is 12.3 Å². The number of hydrogen-bond donors (Lipinski definition) is 1. The molecule has 0 spiro atoms. The number of rotatable bonds is 3. The molecule has 2 aromatic rings. The summed E-state index contributed by atoms with van der Waals surface area (Å²) in [5.74, 6) is 0. The van der Waals surface area contributed by atoms with Crippen molar-refractivity contribution in [2.45, 2.75) is 19.1 Å². The normalized spacial score (nSPS) is 17.1. The second-order valence-electron chi connectivity index (χ2n) is 4.72. The molecule has 1 aromatic carbocycles. The molecule has 1 unspecified atom stereocenters. The highest BCUT2D eigenvalue weighted by Gasteiger charge is 2.31. The molecule has 0 saturated carbocycles. The zero-order chi connectivity index (χ0) is 14.1. The van der Waals surface area contributed by atoms with Crippen LogP contribution in [0.25, 0.3) is 0 Å². The van der Waals surface area contributed by atoms with Gasteiger partial charge in [-0.1, -0.05) is 22.0 Å². The van der Waals surface area contributed by atoms with Crippen LogP contribution in [0, 0.1) is 0 Å². The molecule has 102 valence electrons. The number of carbonyl (C=O) groups excluding carboxylic acids is 1. The minimum Gasteiger partial charge on any atom is -0.353 e. The van der Waals surface area contributed by atoms with Crippen LogP contribution in [0.15, 0.2) is 41.1 Å². The number of aromatic nitrogens is 1. The van der Waals surface area contributed by atoms with E-state index >= 15 is 0 Å². The zero-order valence-corrected chi connectivity index (χ0v) is 12.4. The second kappa shape index (κ2) is 5.34. The topological polar surface area (TPSA) is 59.2 Å². The van der Waals surface area contributed by atoms with Crippen molar-refractivity contribution >= 4 is 27.9 Å². The Kier molecular flexibility index (Phi) is 3.54. The largest absolute Gasteiger partial charge is 0.353 e. The summed E-state index contributed by atoms with van der Waals surface area (Å²) in [4.78, 5) is 17.7. The molecule has 1 atom stereocenters. The van der Waals surface area contributed by atoms with Crippen molar-refractivity contribution in [3.63, 3.8) is 0 Å². The lowest BCUT2D eigenvalue weighted by atomic mass is 10.1. The smallest absolute Gasteiger partial charge is 0.147 e. The average molecular weight is 332 g/mol. The van der Waals surface area contributed by atoms with Gasteiger partial charge in [-0.15, -0.1) is 0 Å². The summed E-state index contributed by atoms with van der Waals surface area (Å²) in [5, 5.41) is 0. The Bertz CT molecular complexity index is 659. The molecular formula is C15H14BrN3O. The quantitative estimate of drug-likeness (QED) is 0.878. The van der Waals surface area contributed by atoms with Gasteiger partial charge in [0.2, 0.25) is 0 Å². The highest BCUT2D eigenvalue weighted by molar-refractivity contribution is 9.10. The van der Waals surface area contributed by atoms with Crippen molar-refractivity contribution in [1.29, 1.82) is 0 Å². The highest BCUT2D eigenvalue weighted by Crippen LogP contribution is 2.39. The fourth-order valence-corrected chi connectivity index (χ4v) is 3.23. The predicted octanol–water partition coefficient (Wildman–Crippen LogP) is 2.56. The van der Waals surface area contributed by atoms with Gasteiger partial charge in [-0.3, -0.25) is 4.98 Å². The third-order valence-electron chi connectivity index (χ3n) is 3.67. The Morgan fingerprint density at radius 1 is 1.45 bits per heavy atom. The van der Waals surface area contributed by atoms with Crippen LogP contribution in [0.4, 0.5) is 5.69 Å². The van der Waals surface area contributed by atoms with E-state index in [9.17, 15) is 4.79 Å². The maximum atomic E-state index is 11.5. The number of anilines is 1. The first-order chi connectivity index (χ1) is 9.76. The van der Waals surface area contributed by atoms with Crippen molar-refractivity contribution in [1.82, 2.24) is 4.98 Å². The van der Waals surface area contributed by atoms with Gasteiger partial charge in [0.15, 0.2) is 0 Å². The zero-order valence-electron chi connectivity index (χ0n) is 10.8. The number of nitrogens with two attached hydrogens (primary N) is 1. The SMILES string of the molecule is NCc1c(Br)cccc1N1Cc2cnccc2C1C=O. The van der Waals surface area contributed by atoms with Crippen LogP contribution in [-0.4, -0.2) is 11.3 Å². The maximum Gasteiger partial charge on any atom is 0.147 e. The maximum absolute atomic E-state index is 11.5. The molecule has 0 bridgehead atoms. The third kappa shape index (κ3) is 2.03. The summed E-state index contributed by atoms with van der Waals surface area (Å²) in [6, 6.07) is 7.57. The van der Waals surface area contributed by atoms with Crippen LogP contribution >= 0.6 is 15.9 Å². The Balaban J connectivity index is 2.09. The van der Waals surface area contributed by atoms with E-state index in [-0.39, 0.29) is 6.04 Å². The second-order valence-corrected chi connectivity index (χ2v) is 5.58. The molecule has 5 heteroatoms. The molecule has 2 N–H and O–H groups in total. The predicted molar refractivity (Wildman–Crippen MR) is 81.3 cm³/mol. The van der Waals surface area contributed by atoms with Crippen LogP contribution in [0.2, 0.25) is 0 Å². The molecular weight excluding hydrogens is 318 g/mol. The van der Waals surface area contributed by atoms with Gasteiger partial charge in [-0.2, -0.15) is 0 Å². The summed E-state index contributed by atoms with van der Waals surface area (Å²) < 4.78 is 0.969. The summed E-state index contributed by atoms with van der Waals surface area (Å²) in [5.41, 5.74) is 9.98. The van der Waals surface area contributed by atoms with Gasteiger partial charge in [-0.25, -0.2) is 0 Å². The van der Waals surface area contributed by atoms with E-state index in [1.807, 2.05) is 30.5 Å². The number of aldehydes is 1. The minimum atomic E-state index is -0.271. The van der Waals surface area contributed by atoms with Crippen LogP contribution in [0.3, 0.4) is 0 Å². The lowest BCUT2D eigenvalue weighted by Gasteiger charge is -2.26. The van der Waals surface area contributed by atoms with E-state index in [1.54, 1.807) is 6.20 Å². The Morgan fingerprint density at radius 3 is 3.05 bits per heavy atom. The van der Waals surface area contributed by atoms with E-state index < -0.39 is 0 Å². The lowest BCUT2D eigenvalue weighted by Crippen LogP contribution is -2.24. The number of hydrogen-bond acceptors (Lipinski definition) is 4. The number of halogens is 1. The van der Waals surface area contributed by atoms with Gasteiger partial charge >= 0.3 is 0 Å². The van der Waals surface area contributed by atoms with E-state index in [0.717, 1.165) is 33.1 Å². The molecule has 4 nitrogen and oxygen atoms in total. The fraction of sp³-hybridized carbons (Fsp3) is 0.200. The molecule has 1 aliphatic heterocycles. The van der Waals surface area contributed by atoms with E-state index in [4.69, 9.17) is 5.73 Å². The van der Waals surface area contributed by atoms with Gasteiger partial charge < -0.3 is 15.4 Å². The van der Waals surface area contributed by atoms with Crippen molar-refractivity contribution in [3.8, 4) is 0 Å². The van der Waals surface area contributed by atoms with E-state index in [1.165, 1.54) is 0 Å². The molecule has 3 rings (SSSR count). The lowest BCUT2D eigenvalue weighted by molar-refractivity contribution is -0.108. The standard InChI is InChI=1S/C15H14BrN3O/c16-13-2-1-3-14(12(13)6-17)19-8-10-7-18-5-4-11(10)15(19)9-20/h1-5,7,9,15H,6,8,17H2. The van der Waals surface area contributed by atoms with Crippen LogP contribution < -0.4 is 10.6 Å². The third-order valence-corrected chi connectivity index (χ3v) is 4.42. The van der Waals surface area contributed by atoms with E-state index in [2.05, 4.69) is 25.8 Å². The van der Waals surface area contributed by atoms with Crippen LogP contribution in [0.5, 0.6) is 0 Å². The van der Waals surface area contributed by atoms with Crippen LogP contribution in [-0.2, 0) is 17.9 Å². The number of benzene rings is 1. The number of nitrogens with zero attached hydrogens (tertiary/aromatic N) is 2. The number of carbonyl (C=O) groups is 1. The molecule has 0 radical (unpaired) electrons.